The summed E-state index contributed by atoms with van der Waals surface area (Å²) in [5.41, 5.74) is 2.55. The molecule has 0 aliphatic carbocycles. The minimum absolute atomic E-state index is 0.0497. The van der Waals surface area contributed by atoms with Crippen LogP contribution in [0.15, 0.2) is 48.7 Å². The first-order valence-corrected chi connectivity index (χ1v) is 7.98. The summed E-state index contributed by atoms with van der Waals surface area (Å²) in [5, 5.41) is 15.7. The maximum absolute atomic E-state index is 14.4. The fourth-order valence-corrected chi connectivity index (χ4v) is 2.41. The molecule has 2 aromatic carbocycles. The number of carboxylic acids is 1. The predicted molar refractivity (Wildman–Crippen MR) is 93.5 cm³/mol. The smallest absolute Gasteiger partial charge is 0.358 e. The molecule has 0 atom stereocenters. The van der Waals surface area contributed by atoms with Crippen molar-refractivity contribution in [3.8, 4) is 16.9 Å². The summed E-state index contributed by atoms with van der Waals surface area (Å²) in [4.78, 5) is 16.8. The Labute approximate surface area is 149 Å². The molecule has 7 heteroatoms. The van der Waals surface area contributed by atoms with Crippen molar-refractivity contribution < 1.29 is 19.1 Å². The number of carboxylic acid groups (broad SMARTS) is 1. The summed E-state index contributed by atoms with van der Waals surface area (Å²) in [5.74, 6) is -1.91. The van der Waals surface area contributed by atoms with Crippen molar-refractivity contribution in [2.45, 2.75) is 26.2 Å². The van der Waals surface area contributed by atoms with E-state index in [9.17, 15) is 9.18 Å². The summed E-state index contributed by atoms with van der Waals surface area (Å²) in [6, 6.07) is 12.5. The quantitative estimate of drug-likeness (QED) is 0.767. The Morgan fingerprint density at radius 3 is 2.31 bits per heavy atom. The van der Waals surface area contributed by atoms with Crippen LogP contribution in [0.2, 0.25) is 0 Å². The van der Waals surface area contributed by atoms with Crippen LogP contribution in [0.5, 0.6) is 5.75 Å². The molecule has 134 valence electrons. The highest BCUT2D eigenvalue weighted by Crippen LogP contribution is 2.28. The van der Waals surface area contributed by atoms with E-state index in [-0.39, 0.29) is 16.9 Å². The summed E-state index contributed by atoms with van der Waals surface area (Å²) in [6.07, 6.45) is 1.06. The third kappa shape index (κ3) is 3.72. The van der Waals surface area contributed by atoms with E-state index < -0.39 is 11.8 Å². The molecule has 0 radical (unpaired) electrons. The van der Waals surface area contributed by atoms with Crippen molar-refractivity contribution in [1.82, 2.24) is 15.2 Å². The topological polar surface area (TPSA) is 77.2 Å². The van der Waals surface area contributed by atoms with Crippen molar-refractivity contribution >= 4 is 5.97 Å². The minimum Gasteiger partial charge on any atom is -0.476 e. The number of hydrogen-bond acceptors (Lipinski definition) is 4. The van der Waals surface area contributed by atoms with Crippen LogP contribution in [0.4, 0.5) is 4.39 Å². The van der Waals surface area contributed by atoms with Gasteiger partial charge in [0, 0.05) is 0 Å². The second-order valence-electron chi connectivity index (χ2n) is 6.88. The van der Waals surface area contributed by atoms with Crippen molar-refractivity contribution in [1.29, 1.82) is 0 Å². The molecule has 1 N–H and O–H groups in total. The fraction of sp³-hybridized carbons (Fsp3) is 0.211. The Morgan fingerprint density at radius 2 is 1.77 bits per heavy atom. The van der Waals surface area contributed by atoms with Gasteiger partial charge in [-0.15, -0.1) is 5.10 Å². The van der Waals surface area contributed by atoms with Gasteiger partial charge >= 0.3 is 5.97 Å². The fourth-order valence-electron chi connectivity index (χ4n) is 2.41. The zero-order valence-electron chi connectivity index (χ0n) is 14.6. The van der Waals surface area contributed by atoms with Gasteiger partial charge in [0.25, 0.3) is 0 Å². The van der Waals surface area contributed by atoms with Crippen LogP contribution < -0.4 is 4.84 Å². The molecule has 0 unspecified atom stereocenters. The van der Waals surface area contributed by atoms with E-state index in [1.807, 2.05) is 24.3 Å². The standard InChI is InChI=1S/C19H18FN3O3/c1-19(2,3)14-7-4-12(5-8-14)13-6-9-17(15(20)10-13)26-23-11-16(18(24)25)21-22-23/h4-11H,1-3H3,(H,24,25). The van der Waals surface area contributed by atoms with Gasteiger partial charge < -0.3 is 9.94 Å². The number of carbonyl (C=O) groups is 1. The van der Waals surface area contributed by atoms with Gasteiger partial charge in [-0.1, -0.05) is 55.9 Å². The van der Waals surface area contributed by atoms with Crippen LogP contribution in [0.1, 0.15) is 36.8 Å². The molecule has 0 aliphatic heterocycles. The molecule has 0 aliphatic rings. The van der Waals surface area contributed by atoms with Crippen molar-refractivity contribution in [3.63, 3.8) is 0 Å². The van der Waals surface area contributed by atoms with Gasteiger partial charge in [-0.25, -0.2) is 9.18 Å². The maximum atomic E-state index is 14.4. The zero-order valence-corrected chi connectivity index (χ0v) is 14.6. The first-order chi connectivity index (χ1) is 12.2. The maximum Gasteiger partial charge on any atom is 0.358 e. The lowest BCUT2D eigenvalue weighted by molar-refractivity contribution is 0.0689. The van der Waals surface area contributed by atoms with E-state index >= 15 is 0 Å². The largest absolute Gasteiger partial charge is 0.476 e. The number of halogens is 1. The van der Waals surface area contributed by atoms with E-state index in [1.165, 1.54) is 17.7 Å². The van der Waals surface area contributed by atoms with Crippen LogP contribution in [0.3, 0.4) is 0 Å². The van der Waals surface area contributed by atoms with Crippen LogP contribution in [0, 0.1) is 5.82 Å². The van der Waals surface area contributed by atoms with Gasteiger partial charge in [0.15, 0.2) is 17.3 Å². The van der Waals surface area contributed by atoms with Crippen LogP contribution in [0.25, 0.3) is 11.1 Å². The summed E-state index contributed by atoms with van der Waals surface area (Å²) >= 11 is 0. The zero-order chi connectivity index (χ0) is 18.9. The minimum atomic E-state index is -1.24. The molecule has 0 fully saturated rings. The summed E-state index contributed by atoms with van der Waals surface area (Å²) in [7, 11) is 0. The van der Waals surface area contributed by atoms with Crippen molar-refractivity contribution in [2.75, 3.05) is 0 Å². The monoisotopic (exact) mass is 355 g/mol. The highest BCUT2D eigenvalue weighted by atomic mass is 19.1. The SMILES string of the molecule is CC(C)(C)c1ccc(-c2ccc(On3cc(C(=O)O)nn3)c(F)c2)cc1. The third-order valence-corrected chi connectivity index (χ3v) is 3.90. The number of rotatable bonds is 4. The van der Waals surface area contributed by atoms with E-state index in [0.29, 0.717) is 5.56 Å². The molecule has 1 heterocycles. The van der Waals surface area contributed by atoms with Gasteiger partial charge in [0.1, 0.15) is 6.20 Å². The van der Waals surface area contributed by atoms with Gasteiger partial charge in [-0.05, 0) is 39.5 Å². The Kier molecular flexibility index (Phi) is 4.46. The van der Waals surface area contributed by atoms with E-state index in [2.05, 4.69) is 31.1 Å². The Hall–Kier alpha value is -3.22. The molecule has 0 amide bonds. The van der Waals surface area contributed by atoms with E-state index in [4.69, 9.17) is 9.94 Å². The average molecular weight is 355 g/mol. The molecule has 0 saturated carbocycles. The van der Waals surface area contributed by atoms with Crippen molar-refractivity contribution in [2.24, 2.45) is 0 Å². The number of nitrogens with zero attached hydrogens (tertiary/aromatic N) is 3. The lowest BCUT2D eigenvalue weighted by atomic mass is 9.86. The molecule has 1 aromatic heterocycles. The van der Waals surface area contributed by atoms with E-state index in [1.54, 1.807) is 6.07 Å². The molecule has 3 rings (SSSR count). The summed E-state index contributed by atoms with van der Waals surface area (Å²) < 4.78 is 14.4. The Balaban J connectivity index is 1.81. The lowest BCUT2D eigenvalue weighted by Crippen LogP contribution is -2.10. The van der Waals surface area contributed by atoms with Crippen LogP contribution in [-0.4, -0.2) is 26.2 Å². The predicted octanol–water partition coefficient (Wildman–Crippen LogP) is 3.92. The number of aromatic nitrogens is 3. The molecule has 3 aromatic rings. The number of hydrogen-bond donors (Lipinski definition) is 1. The van der Waals surface area contributed by atoms with E-state index in [0.717, 1.165) is 16.6 Å². The molecular weight excluding hydrogens is 337 g/mol. The van der Waals surface area contributed by atoms with Crippen molar-refractivity contribution in [3.05, 3.63) is 65.7 Å². The highest BCUT2D eigenvalue weighted by Gasteiger charge is 2.14. The molecule has 6 nitrogen and oxygen atoms in total. The first-order valence-electron chi connectivity index (χ1n) is 7.98. The normalized spacial score (nSPS) is 11.4. The number of aromatic carboxylic acids is 1. The third-order valence-electron chi connectivity index (χ3n) is 3.90. The van der Waals surface area contributed by atoms with Gasteiger partial charge in [-0.2, -0.15) is 0 Å². The number of benzene rings is 2. The molecule has 0 bridgehead atoms. The first kappa shape index (κ1) is 17.6. The second-order valence-corrected chi connectivity index (χ2v) is 6.88. The van der Waals surface area contributed by atoms with Crippen LogP contribution >= 0.6 is 0 Å². The Bertz CT molecular complexity index is 943. The van der Waals surface area contributed by atoms with Gasteiger partial charge in [0.05, 0.1) is 0 Å². The molecule has 26 heavy (non-hydrogen) atoms. The van der Waals surface area contributed by atoms with Gasteiger partial charge in [0.2, 0.25) is 0 Å². The highest BCUT2D eigenvalue weighted by molar-refractivity contribution is 5.84. The Morgan fingerprint density at radius 1 is 1.12 bits per heavy atom. The summed E-state index contributed by atoms with van der Waals surface area (Å²) in [6.45, 7) is 6.40. The van der Waals surface area contributed by atoms with Crippen LogP contribution in [-0.2, 0) is 5.41 Å². The lowest BCUT2D eigenvalue weighted by Gasteiger charge is -2.19. The molecular formula is C19H18FN3O3. The average Bonchev–Trinajstić information content (AvgIpc) is 3.05. The van der Waals surface area contributed by atoms with Gasteiger partial charge in [-0.3, -0.25) is 0 Å². The molecule has 0 spiro atoms. The molecule has 0 saturated heterocycles. The second kappa shape index (κ2) is 6.59.